The highest BCUT2D eigenvalue weighted by molar-refractivity contribution is 6.00. The van der Waals surface area contributed by atoms with Crippen molar-refractivity contribution in [3.05, 3.63) is 35.6 Å². The summed E-state index contributed by atoms with van der Waals surface area (Å²) in [5.74, 6) is 0.0864. The quantitative estimate of drug-likeness (QED) is 0.812. The summed E-state index contributed by atoms with van der Waals surface area (Å²) in [4.78, 5) is 26.6. The Balaban J connectivity index is 1.55. The van der Waals surface area contributed by atoms with Crippen LogP contribution in [-0.2, 0) is 9.53 Å². The molecule has 0 radical (unpaired) electrons. The van der Waals surface area contributed by atoms with Crippen molar-refractivity contribution in [3.63, 3.8) is 0 Å². The first-order valence-corrected chi connectivity index (χ1v) is 8.04. The molecular weight excluding hydrogens is 294 g/mol. The van der Waals surface area contributed by atoms with E-state index in [1.54, 1.807) is 11.0 Å². The molecule has 120 valence electrons. The van der Waals surface area contributed by atoms with Crippen LogP contribution in [0.5, 0.6) is 0 Å². The van der Waals surface area contributed by atoms with Crippen LogP contribution in [0.25, 0.3) is 11.0 Å². The molecule has 0 aliphatic carbocycles. The lowest BCUT2D eigenvalue weighted by Gasteiger charge is -2.36. The number of likely N-dealkylation sites (tertiary alicyclic amines) is 1. The highest BCUT2D eigenvalue weighted by Gasteiger charge is 2.46. The maximum atomic E-state index is 12.6. The predicted molar refractivity (Wildman–Crippen MR) is 84.4 cm³/mol. The van der Waals surface area contributed by atoms with Gasteiger partial charge in [0.15, 0.2) is 11.5 Å². The van der Waals surface area contributed by atoms with Crippen molar-refractivity contribution in [3.8, 4) is 0 Å². The molecule has 5 heteroatoms. The summed E-state index contributed by atoms with van der Waals surface area (Å²) < 4.78 is 11.3. The van der Waals surface area contributed by atoms with Crippen LogP contribution in [0, 0.1) is 6.92 Å². The third-order valence-corrected chi connectivity index (χ3v) is 4.90. The van der Waals surface area contributed by atoms with Gasteiger partial charge in [-0.25, -0.2) is 0 Å². The highest BCUT2D eigenvalue weighted by atomic mass is 16.5. The van der Waals surface area contributed by atoms with Gasteiger partial charge in [0.1, 0.15) is 11.2 Å². The minimum atomic E-state index is -0.637. The smallest absolute Gasteiger partial charge is 0.290 e. The molecule has 1 spiro atoms. The maximum absolute atomic E-state index is 12.6. The number of nitrogens with zero attached hydrogens (tertiary/aromatic N) is 1. The van der Waals surface area contributed by atoms with E-state index in [2.05, 4.69) is 0 Å². The number of carbonyl (C=O) groups is 2. The molecule has 1 amide bonds. The van der Waals surface area contributed by atoms with Gasteiger partial charge in [-0.05, 0) is 38.0 Å². The Labute approximate surface area is 134 Å². The average molecular weight is 313 g/mol. The number of benzene rings is 1. The number of hydrogen-bond donors (Lipinski definition) is 0. The number of ether oxygens (including phenoxy) is 1. The first kappa shape index (κ1) is 14.5. The lowest BCUT2D eigenvalue weighted by atomic mass is 9.87. The van der Waals surface area contributed by atoms with E-state index in [4.69, 9.17) is 9.15 Å². The molecule has 0 saturated carbocycles. The van der Waals surface area contributed by atoms with E-state index in [9.17, 15) is 9.59 Å². The fourth-order valence-electron chi connectivity index (χ4n) is 3.56. The standard InChI is InChI=1S/C18H19NO4/c1-12-3-4-14-13(9-12)10-15(23-14)17(21)19-7-6-18(16(20)11-19)5-2-8-22-18/h3-4,9-10H,2,5-8,11H2,1H3/t18-/m1/s1. The summed E-state index contributed by atoms with van der Waals surface area (Å²) in [6.45, 7) is 3.27. The number of amides is 1. The second kappa shape index (κ2) is 5.20. The van der Waals surface area contributed by atoms with Crippen LogP contribution in [0.15, 0.2) is 28.7 Å². The molecule has 5 nitrogen and oxygen atoms in total. The lowest BCUT2D eigenvalue weighted by molar-refractivity contribution is -0.144. The third-order valence-electron chi connectivity index (χ3n) is 4.90. The van der Waals surface area contributed by atoms with Gasteiger partial charge < -0.3 is 14.1 Å². The van der Waals surface area contributed by atoms with Gasteiger partial charge >= 0.3 is 0 Å². The van der Waals surface area contributed by atoms with Gasteiger partial charge in [-0.1, -0.05) is 11.6 Å². The SMILES string of the molecule is Cc1ccc2oc(C(=O)N3CC[C@]4(CCCO4)C(=O)C3)cc2c1. The Morgan fingerprint density at radius 1 is 1.26 bits per heavy atom. The summed E-state index contributed by atoms with van der Waals surface area (Å²) in [6.07, 6.45) is 2.28. The van der Waals surface area contributed by atoms with Crippen molar-refractivity contribution in [2.45, 2.75) is 31.8 Å². The largest absolute Gasteiger partial charge is 0.451 e. The molecule has 2 fully saturated rings. The first-order valence-electron chi connectivity index (χ1n) is 8.04. The van der Waals surface area contributed by atoms with Crippen LogP contribution in [0.2, 0.25) is 0 Å². The lowest BCUT2D eigenvalue weighted by Crippen LogP contribution is -2.53. The molecule has 0 N–H and O–H groups in total. The number of ketones is 1. The van der Waals surface area contributed by atoms with Crippen LogP contribution < -0.4 is 0 Å². The predicted octanol–water partition coefficient (Wildman–Crippen LogP) is 2.71. The van der Waals surface area contributed by atoms with Crippen molar-refractivity contribution < 1.29 is 18.7 Å². The van der Waals surface area contributed by atoms with Gasteiger partial charge in [-0.2, -0.15) is 0 Å². The number of hydrogen-bond acceptors (Lipinski definition) is 4. The summed E-state index contributed by atoms with van der Waals surface area (Å²) in [6, 6.07) is 7.56. The van der Waals surface area contributed by atoms with E-state index in [1.807, 2.05) is 25.1 Å². The molecule has 0 bridgehead atoms. The van der Waals surface area contributed by atoms with Gasteiger partial charge in [0.05, 0.1) is 6.54 Å². The minimum Gasteiger partial charge on any atom is -0.451 e. The number of Topliss-reactive ketones (excluding diaryl/α,β-unsaturated/α-hetero) is 1. The van der Waals surface area contributed by atoms with Crippen LogP contribution in [0.4, 0.5) is 0 Å². The summed E-state index contributed by atoms with van der Waals surface area (Å²) in [5.41, 5.74) is 1.17. The summed E-state index contributed by atoms with van der Waals surface area (Å²) in [7, 11) is 0. The number of aryl methyl sites for hydroxylation is 1. The van der Waals surface area contributed by atoms with E-state index in [-0.39, 0.29) is 18.2 Å². The van der Waals surface area contributed by atoms with Crippen LogP contribution in [-0.4, -0.2) is 41.9 Å². The Morgan fingerprint density at radius 3 is 2.87 bits per heavy atom. The zero-order chi connectivity index (χ0) is 16.0. The molecule has 0 unspecified atom stereocenters. The van der Waals surface area contributed by atoms with Gasteiger partial charge in [0.25, 0.3) is 5.91 Å². The molecule has 2 aliphatic heterocycles. The Bertz CT molecular complexity index is 785. The normalized spacial score (nSPS) is 24.7. The Hall–Kier alpha value is -2.14. The molecule has 1 aromatic carbocycles. The van der Waals surface area contributed by atoms with Gasteiger partial charge in [0, 0.05) is 25.0 Å². The molecule has 2 aliphatic rings. The van der Waals surface area contributed by atoms with Crippen molar-refractivity contribution in [2.24, 2.45) is 0 Å². The number of fused-ring (bicyclic) bond motifs is 1. The third kappa shape index (κ3) is 2.36. The molecule has 2 saturated heterocycles. The highest BCUT2D eigenvalue weighted by Crippen LogP contribution is 2.34. The van der Waals surface area contributed by atoms with Crippen molar-refractivity contribution in [2.75, 3.05) is 19.7 Å². The molecule has 4 rings (SSSR count). The monoisotopic (exact) mass is 313 g/mol. The zero-order valence-electron chi connectivity index (χ0n) is 13.1. The van der Waals surface area contributed by atoms with Gasteiger partial charge in [0.2, 0.25) is 0 Å². The number of furan rings is 1. The van der Waals surface area contributed by atoms with Crippen LogP contribution >= 0.6 is 0 Å². The molecule has 1 atom stereocenters. The summed E-state index contributed by atoms with van der Waals surface area (Å²) in [5, 5.41) is 0.910. The van der Waals surface area contributed by atoms with E-state index in [1.165, 1.54) is 0 Å². The second-order valence-electron chi connectivity index (χ2n) is 6.50. The minimum absolute atomic E-state index is 0.0153. The van der Waals surface area contributed by atoms with Crippen LogP contribution in [0.3, 0.4) is 0 Å². The zero-order valence-corrected chi connectivity index (χ0v) is 13.1. The first-order chi connectivity index (χ1) is 11.1. The van der Waals surface area contributed by atoms with Crippen molar-refractivity contribution >= 4 is 22.7 Å². The fraction of sp³-hybridized carbons (Fsp3) is 0.444. The van der Waals surface area contributed by atoms with E-state index < -0.39 is 5.60 Å². The molecule has 1 aromatic heterocycles. The van der Waals surface area contributed by atoms with Crippen LogP contribution in [0.1, 0.15) is 35.4 Å². The summed E-state index contributed by atoms with van der Waals surface area (Å²) >= 11 is 0. The Kier molecular flexibility index (Phi) is 3.27. The van der Waals surface area contributed by atoms with E-state index in [0.29, 0.717) is 30.9 Å². The molecule has 2 aromatic rings. The molecule has 3 heterocycles. The van der Waals surface area contributed by atoms with Crippen molar-refractivity contribution in [1.29, 1.82) is 0 Å². The average Bonchev–Trinajstić information content (AvgIpc) is 3.16. The topological polar surface area (TPSA) is 59.8 Å². The maximum Gasteiger partial charge on any atom is 0.290 e. The Morgan fingerprint density at radius 2 is 2.13 bits per heavy atom. The molecular formula is C18H19NO4. The van der Waals surface area contributed by atoms with Gasteiger partial charge in [-0.15, -0.1) is 0 Å². The fourth-order valence-corrected chi connectivity index (χ4v) is 3.56. The van der Waals surface area contributed by atoms with Gasteiger partial charge in [-0.3, -0.25) is 9.59 Å². The van der Waals surface area contributed by atoms with E-state index >= 15 is 0 Å². The molecule has 23 heavy (non-hydrogen) atoms. The van der Waals surface area contributed by atoms with E-state index in [0.717, 1.165) is 23.8 Å². The number of carbonyl (C=O) groups excluding carboxylic acids is 2. The van der Waals surface area contributed by atoms with Crippen molar-refractivity contribution in [1.82, 2.24) is 4.90 Å². The second-order valence-corrected chi connectivity index (χ2v) is 6.50. The number of piperidine rings is 1. The number of rotatable bonds is 1.